The predicted octanol–water partition coefficient (Wildman–Crippen LogP) is 6.46. The summed E-state index contributed by atoms with van der Waals surface area (Å²) in [7, 11) is 1.70. The first-order valence-electron chi connectivity index (χ1n) is 12.9. The normalized spacial score (nSPS) is 15.8. The summed E-state index contributed by atoms with van der Waals surface area (Å²) in [6.07, 6.45) is -2.09. The molecule has 2 heterocycles. The van der Waals surface area contributed by atoms with Gasteiger partial charge in [-0.3, -0.25) is 0 Å². The molecule has 0 spiro atoms. The second kappa shape index (κ2) is 6.99. The number of aryl methyl sites for hydroxylation is 1. The number of hydrogen-bond acceptors (Lipinski definition) is 2. The molecule has 0 N–H and O–H groups in total. The Labute approximate surface area is 187 Å². The highest BCUT2D eigenvalue weighted by molar-refractivity contribution is 6.06. The van der Waals surface area contributed by atoms with Crippen molar-refractivity contribution < 1.29 is 17.2 Å². The second-order valence-electron chi connectivity index (χ2n) is 8.83. The quantitative estimate of drug-likeness (QED) is 0.360. The third-order valence-electron chi connectivity index (χ3n) is 5.39. The summed E-state index contributed by atoms with van der Waals surface area (Å²) >= 11 is 0. The Morgan fingerprint density at radius 1 is 1.17 bits per heavy atom. The lowest BCUT2D eigenvalue weighted by molar-refractivity contribution is -0.667. The highest BCUT2D eigenvalue weighted by Gasteiger charge is 2.23. The molecule has 2 aromatic heterocycles. The first-order chi connectivity index (χ1) is 16.5. The number of fused-ring (bicyclic) bond motifs is 3. The van der Waals surface area contributed by atoms with E-state index in [-0.39, 0.29) is 17.2 Å². The van der Waals surface area contributed by atoms with Crippen LogP contribution in [0.5, 0.6) is 0 Å². The lowest BCUT2D eigenvalue weighted by Gasteiger charge is -2.20. The van der Waals surface area contributed by atoms with Gasteiger partial charge in [-0.15, -0.1) is 0 Å². The number of benzene rings is 2. The van der Waals surface area contributed by atoms with Crippen molar-refractivity contribution >= 4 is 21.9 Å². The van der Waals surface area contributed by atoms with Crippen LogP contribution in [-0.2, 0) is 13.4 Å². The highest BCUT2D eigenvalue weighted by Crippen LogP contribution is 2.35. The van der Waals surface area contributed by atoms with Gasteiger partial charge in [-0.2, -0.15) is 9.83 Å². The average molecular weight is 404 g/mol. The standard InChI is InChI=1S/C27H29N2O/c1-16-10-22-23-11-19(15-28)8-9-25(23)30-26(22)13-21(16)24-12-20(14-27(4,5)6)17(2)18(3)29(24)7/h8-13H,14H2,1-7H3/q+1/i2D3,12D,14D2. The lowest BCUT2D eigenvalue weighted by Crippen LogP contribution is -2.36. The van der Waals surface area contributed by atoms with Crippen LogP contribution in [0.2, 0.25) is 0 Å². The van der Waals surface area contributed by atoms with Gasteiger partial charge in [0.25, 0.3) is 0 Å². The Hall–Kier alpha value is -3.12. The highest BCUT2D eigenvalue weighted by atomic mass is 16.3. The molecule has 0 saturated heterocycles. The largest absolute Gasteiger partial charge is 0.456 e. The Kier molecular flexibility index (Phi) is 3.26. The molecule has 0 aliphatic carbocycles. The van der Waals surface area contributed by atoms with Crippen molar-refractivity contribution in [2.75, 3.05) is 0 Å². The maximum absolute atomic E-state index is 9.29. The monoisotopic (exact) mass is 403 g/mol. The Balaban J connectivity index is 2.12. The van der Waals surface area contributed by atoms with Crippen LogP contribution in [0.3, 0.4) is 0 Å². The minimum Gasteiger partial charge on any atom is -0.456 e. The van der Waals surface area contributed by atoms with Gasteiger partial charge in [0, 0.05) is 36.2 Å². The number of pyridine rings is 1. The SMILES string of the molecule is [2H]c1c(C([2H])([2H])C(C)(C)C)c(C([2H])([2H])[2H])c(C)[n+](C)c1-c1cc2oc3ccc(C#N)cc3c2cc1C. The lowest BCUT2D eigenvalue weighted by atomic mass is 9.85. The maximum atomic E-state index is 9.29. The molecule has 0 radical (unpaired) electrons. The van der Waals surface area contributed by atoms with Crippen molar-refractivity contribution in [2.24, 2.45) is 12.5 Å². The Bertz CT molecular complexity index is 1580. The van der Waals surface area contributed by atoms with Gasteiger partial charge in [-0.05, 0) is 67.0 Å². The summed E-state index contributed by atoms with van der Waals surface area (Å²) in [6, 6.07) is 11.0. The maximum Gasteiger partial charge on any atom is 0.213 e. The van der Waals surface area contributed by atoms with Crippen LogP contribution in [0, 0.1) is 37.4 Å². The van der Waals surface area contributed by atoms with Gasteiger partial charge in [-0.1, -0.05) is 20.8 Å². The van der Waals surface area contributed by atoms with E-state index in [1.54, 1.807) is 57.5 Å². The molecule has 0 amide bonds. The van der Waals surface area contributed by atoms with E-state index in [1.807, 2.05) is 19.1 Å². The molecule has 4 aromatic rings. The van der Waals surface area contributed by atoms with Crippen molar-refractivity contribution in [2.45, 2.75) is 47.8 Å². The number of nitrogens with zero attached hydrogens (tertiary/aromatic N) is 2. The molecule has 0 fully saturated rings. The molecule has 3 heteroatoms. The van der Waals surface area contributed by atoms with E-state index < -0.39 is 18.6 Å². The third kappa shape index (κ3) is 3.37. The Morgan fingerprint density at radius 3 is 2.57 bits per heavy atom. The predicted molar refractivity (Wildman–Crippen MR) is 122 cm³/mol. The van der Waals surface area contributed by atoms with Crippen LogP contribution >= 0.6 is 0 Å². The molecule has 2 aromatic carbocycles. The van der Waals surface area contributed by atoms with Crippen LogP contribution in [-0.4, -0.2) is 0 Å². The molecule has 0 saturated carbocycles. The first kappa shape index (κ1) is 14.0. The summed E-state index contributed by atoms with van der Waals surface area (Å²) in [5, 5.41) is 10.9. The molecule has 0 atom stereocenters. The molecule has 30 heavy (non-hydrogen) atoms. The molecule has 0 unspecified atom stereocenters. The fraction of sp³-hybridized carbons (Fsp3) is 0.333. The van der Waals surface area contributed by atoms with Gasteiger partial charge in [0.15, 0.2) is 5.69 Å². The molecule has 0 aliphatic rings. The molecular weight excluding hydrogens is 368 g/mol. The zero-order chi connectivity index (χ0) is 27.0. The number of aromatic nitrogens is 1. The topological polar surface area (TPSA) is 40.8 Å². The van der Waals surface area contributed by atoms with Crippen molar-refractivity contribution in [3.8, 4) is 17.3 Å². The molecule has 0 aliphatic heterocycles. The van der Waals surface area contributed by atoms with E-state index >= 15 is 0 Å². The van der Waals surface area contributed by atoms with E-state index in [0.717, 1.165) is 16.3 Å². The average Bonchev–Trinajstić information content (AvgIpc) is 3.10. The third-order valence-corrected chi connectivity index (χ3v) is 5.39. The van der Waals surface area contributed by atoms with Crippen LogP contribution in [0.25, 0.3) is 33.2 Å². The van der Waals surface area contributed by atoms with Crippen molar-refractivity contribution in [1.82, 2.24) is 0 Å². The smallest absolute Gasteiger partial charge is 0.213 e. The summed E-state index contributed by atoms with van der Waals surface area (Å²) in [5.74, 6) is 0. The number of nitriles is 1. The molecule has 3 nitrogen and oxygen atoms in total. The van der Waals surface area contributed by atoms with Gasteiger partial charge in [0.05, 0.1) is 18.6 Å². The van der Waals surface area contributed by atoms with Crippen molar-refractivity contribution in [1.29, 1.82) is 5.26 Å². The minimum atomic E-state index is -2.60. The van der Waals surface area contributed by atoms with Crippen LogP contribution in [0.1, 0.15) is 56.9 Å². The fourth-order valence-corrected chi connectivity index (χ4v) is 3.75. The summed E-state index contributed by atoms with van der Waals surface area (Å²) in [6.45, 7) is 6.08. The minimum absolute atomic E-state index is 0.108. The zero-order valence-electron chi connectivity index (χ0n) is 24.2. The molecule has 0 bridgehead atoms. The molecule has 152 valence electrons. The van der Waals surface area contributed by atoms with E-state index in [9.17, 15) is 5.26 Å². The summed E-state index contributed by atoms with van der Waals surface area (Å²) < 4.78 is 59.3. The van der Waals surface area contributed by atoms with E-state index in [4.69, 9.17) is 12.6 Å². The van der Waals surface area contributed by atoms with Crippen molar-refractivity contribution in [3.63, 3.8) is 0 Å². The van der Waals surface area contributed by atoms with Crippen LogP contribution in [0.4, 0.5) is 0 Å². The van der Waals surface area contributed by atoms with E-state index in [1.165, 1.54) is 0 Å². The number of hydrogen-bond donors (Lipinski definition) is 0. The second-order valence-corrected chi connectivity index (χ2v) is 8.83. The van der Waals surface area contributed by atoms with Crippen molar-refractivity contribution in [3.05, 3.63) is 64.3 Å². The van der Waals surface area contributed by atoms with Crippen LogP contribution < -0.4 is 4.57 Å². The van der Waals surface area contributed by atoms with E-state index in [0.29, 0.717) is 33.7 Å². The van der Waals surface area contributed by atoms with Gasteiger partial charge in [0.1, 0.15) is 18.2 Å². The number of rotatable bonds is 2. The van der Waals surface area contributed by atoms with Crippen LogP contribution in [0.15, 0.2) is 40.8 Å². The fourth-order valence-electron chi connectivity index (χ4n) is 3.75. The molecule has 4 rings (SSSR count). The van der Waals surface area contributed by atoms with Gasteiger partial charge < -0.3 is 4.42 Å². The van der Waals surface area contributed by atoms with E-state index in [2.05, 4.69) is 6.07 Å². The van der Waals surface area contributed by atoms with Gasteiger partial charge in [-0.25, -0.2) is 0 Å². The first-order valence-corrected chi connectivity index (χ1v) is 9.92. The zero-order valence-corrected chi connectivity index (χ0v) is 18.2. The van der Waals surface area contributed by atoms with Gasteiger partial charge >= 0.3 is 0 Å². The Morgan fingerprint density at radius 2 is 1.90 bits per heavy atom. The van der Waals surface area contributed by atoms with Gasteiger partial charge in [0.2, 0.25) is 5.69 Å². The summed E-state index contributed by atoms with van der Waals surface area (Å²) in [4.78, 5) is 0. The summed E-state index contributed by atoms with van der Waals surface area (Å²) in [5.41, 5.74) is 2.81. The number of furan rings is 1. The molecular formula is C27H29N2O+.